The van der Waals surface area contributed by atoms with Gasteiger partial charge in [-0.25, -0.2) is 0 Å². The average Bonchev–Trinajstić information content (AvgIpc) is 3.05. The molecule has 0 saturated carbocycles. The summed E-state index contributed by atoms with van der Waals surface area (Å²) in [4.78, 5) is 15.8. The van der Waals surface area contributed by atoms with E-state index in [1.165, 1.54) is 34.6 Å². The first-order valence-corrected chi connectivity index (χ1v) is 8.95. The summed E-state index contributed by atoms with van der Waals surface area (Å²) >= 11 is 3.44. The van der Waals surface area contributed by atoms with Crippen LogP contribution in [0.2, 0.25) is 0 Å². The molecule has 0 fully saturated rings. The lowest BCUT2D eigenvalue weighted by atomic mass is 10.1. The van der Waals surface area contributed by atoms with Crippen molar-refractivity contribution in [3.8, 4) is 0 Å². The van der Waals surface area contributed by atoms with Gasteiger partial charge >= 0.3 is 0 Å². The van der Waals surface area contributed by atoms with Gasteiger partial charge in [0.25, 0.3) is 5.91 Å². The molecule has 0 spiro atoms. The van der Waals surface area contributed by atoms with Crippen molar-refractivity contribution in [1.82, 2.24) is 5.32 Å². The zero-order valence-electron chi connectivity index (χ0n) is 11.5. The summed E-state index contributed by atoms with van der Waals surface area (Å²) in [5.41, 5.74) is 1.41. The van der Waals surface area contributed by atoms with E-state index in [1.54, 1.807) is 22.7 Å². The van der Waals surface area contributed by atoms with Crippen LogP contribution in [-0.2, 0) is 19.3 Å². The molecule has 1 aliphatic rings. The second-order valence-electron chi connectivity index (χ2n) is 5.20. The Morgan fingerprint density at radius 3 is 3.00 bits per heavy atom. The average molecular weight is 305 g/mol. The minimum atomic E-state index is 0.0969. The van der Waals surface area contributed by atoms with E-state index in [2.05, 4.69) is 28.9 Å². The molecule has 2 nitrogen and oxygen atoms in total. The predicted molar refractivity (Wildman–Crippen MR) is 85.9 cm³/mol. The zero-order valence-corrected chi connectivity index (χ0v) is 13.1. The van der Waals surface area contributed by atoms with E-state index >= 15 is 0 Å². The van der Waals surface area contributed by atoms with Crippen molar-refractivity contribution in [3.05, 3.63) is 43.8 Å². The van der Waals surface area contributed by atoms with Gasteiger partial charge in [0.15, 0.2) is 0 Å². The summed E-state index contributed by atoms with van der Waals surface area (Å²) in [6.07, 6.45) is 7.09. The van der Waals surface area contributed by atoms with Crippen molar-refractivity contribution in [2.24, 2.45) is 0 Å². The lowest BCUT2D eigenvalue weighted by Crippen LogP contribution is -2.24. The van der Waals surface area contributed by atoms with Gasteiger partial charge in [-0.3, -0.25) is 4.79 Å². The molecule has 1 aliphatic carbocycles. The SMILES string of the molecule is O=C(NCCc1cccs1)c1cc2c(s1)CCCCC2. The van der Waals surface area contributed by atoms with Gasteiger partial charge < -0.3 is 5.32 Å². The molecule has 2 heterocycles. The van der Waals surface area contributed by atoms with E-state index in [0.717, 1.165) is 30.7 Å². The molecule has 0 atom stereocenters. The first kappa shape index (κ1) is 13.8. The lowest BCUT2D eigenvalue weighted by Gasteiger charge is -2.02. The van der Waals surface area contributed by atoms with Crippen LogP contribution in [0.1, 0.15) is 44.3 Å². The molecular formula is C16H19NOS2. The predicted octanol–water partition coefficient (Wildman–Crippen LogP) is 4.05. The van der Waals surface area contributed by atoms with Crippen molar-refractivity contribution >= 4 is 28.6 Å². The van der Waals surface area contributed by atoms with E-state index in [1.807, 2.05) is 0 Å². The number of aryl methyl sites for hydroxylation is 2. The van der Waals surface area contributed by atoms with Gasteiger partial charge in [-0.15, -0.1) is 22.7 Å². The molecule has 2 aromatic heterocycles. The summed E-state index contributed by atoms with van der Waals surface area (Å²) in [6.45, 7) is 0.724. The number of amides is 1. The highest BCUT2D eigenvalue weighted by molar-refractivity contribution is 7.14. The topological polar surface area (TPSA) is 29.1 Å². The Morgan fingerprint density at radius 1 is 1.25 bits per heavy atom. The maximum Gasteiger partial charge on any atom is 0.261 e. The maximum atomic E-state index is 12.2. The van der Waals surface area contributed by atoms with Crippen molar-refractivity contribution < 1.29 is 4.79 Å². The van der Waals surface area contributed by atoms with Crippen LogP contribution in [0.25, 0.3) is 0 Å². The molecule has 0 aliphatic heterocycles. The molecule has 106 valence electrons. The van der Waals surface area contributed by atoms with Crippen LogP contribution in [0.3, 0.4) is 0 Å². The molecule has 3 rings (SSSR count). The van der Waals surface area contributed by atoms with Gasteiger partial charge in [-0.05, 0) is 55.2 Å². The molecule has 0 unspecified atom stereocenters. The van der Waals surface area contributed by atoms with E-state index in [9.17, 15) is 4.79 Å². The third kappa shape index (κ3) is 3.30. The maximum absolute atomic E-state index is 12.2. The number of hydrogen-bond acceptors (Lipinski definition) is 3. The fraction of sp³-hybridized carbons (Fsp3) is 0.438. The van der Waals surface area contributed by atoms with Crippen LogP contribution >= 0.6 is 22.7 Å². The highest BCUT2D eigenvalue weighted by Gasteiger charge is 2.16. The Kier molecular flexibility index (Phi) is 4.53. The van der Waals surface area contributed by atoms with Crippen LogP contribution in [0, 0.1) is 0 Å². The number of carbonyl (C=O) groups is 1. The summed E-state index contributed by atoms with van der Waals surface area (Å²) < 4.78 is 0. The molecule has 20 heavy (non-hydrogen) atoms. The molecule has 2 aromatic rings. The van der Waals surface area contributed by atoms with Crippen molar-refractivity contribution in [1.29, 1.82) is 0 Å². The number of thiophene rings is 2. The lowest BCUT2D eigenvalue weighted by molar-refractivity contribution is 0.0958. The zero-order chi connectivity index (χ0) is 13.8. The number of carbonyl (C=O) groups excluding carboxylic acids is 1. The minimum absolute atomic E-state index is 0.0969. The van der Waals surface area contributed by atoms with Gasteiger partial charge in [-0.1, -0.05) is 12.5 Å². The summed E-state index contributed by atoms with van der Waals surface area (Å²) in [5.74, 6) is 0.0969. The van der Waals surface area contributed by atoms with E-state index in [0.29, 0.717) is 0 Å². The quantitative estimate of drug-likeness (QED) is 0.848. The monoisotopic (exact) mass is 305 g/mol. The number of hydrogen-bond donors (Lipinski definition) is 1. The van der Waals surface area contributed by atoms with Crippen LogP contribution in [-0.4, -0.2) is 12.5 Å². The minimum Gasteiger partial charge on any atom is -0.351 e. The molecule has 1 amide bonds. The Hall–Kier alpha value is -1.13. The van der Waals surface area contributed by atoms with Gasteiger partial charge in [0.1, 0.15) is 0 Å². The molecule has 0 radical (unpaired) electrons. The van der Waals surface area contributed by atoms with Crippen LogP contribution in [0.15, 0.2) is 23.6 Å². The van der Waals surface area contributed by atoms with Crippen molar-refractivity contribution in [2.75, 3.05) is 6.54 Å². The Balaban J connectivity index is 1.57. The molecule has 0 saturated heterocycles. The smallest absolute Gasteiger partial charge is 0.261 e. The van der Waals surface area contributed by atoms with Crippen LogP contribution in [0.4, 0.5) is 0 Å². The van der Waals surface area contributed by atoms with E-state index < -0.39 is 0 Å². The summed E-state index contributed by atoms with van der Waals surface area (Å²) in [6, 6.07) is 6.29. The van der Waals surface area contributed by atoms with Gasteiger partial charge in [-0.2, -0.15) is 0 Å². The molecule has 1 N–H and O–H groups in total. The van der Waals surface area contributed by atoms with Crippen LogP contribution < -0.4 is 5.32 Å². The molecular weight excluding hydrogens is 286 g/mol. The normalized spacial score (nSPS) is 14.6. The first-order chi connectivity index (χ1) is 9.83. The highest BCUT2D eigenvalue weighted by atomic mass is 32.1. The third-order valence-electron chi connectivity index (χ3n) is 3.71. The fourth-order valence-electron chi connectivity index (χ4n) is 2.62. The Bertz CT molecular complexity index is 548. The van der Waals surface area contributed by atoms with E-state index in [-0.39, 0.29) is 5.91 Å². The van der Waals surface area contributed by atoms with Gasteiger partial charge in [0, 0.05) is 16.3 Å². The standard InChI is InChI=1S/C16H19NOS2/c18-16(17-9-8-13-6-4-10-19-13)15-11-12-5-2-1-3-7-14(12)20-15/h4,6,10-11H,1-3,5,7-9H2,(H,17,18). The van der Waals surface area contributed by atoms with E-state index in [4.69, 9.17) is 0 Å². The third-order valence-corrected chi connectivity index (χ3v) is 5.88. The second-order valence-corrected chi connectivity index (χ2v) is 7.37. The molecule has 4 heteroatoms. The first-order valence-electron chi connectivity index (χ1n) is 7.25. The number of fused-ring (bicyclic) bond motifs is 1. The summed E-state index contributed by atoms with van der Waals surface area (Å²) in [7, 11) is 0. The Morgan fingerprint density at radius 2 is 2.15 bits per heavy atom. The second kappa shape index (κ2) is 6.55. The fourth-order valence-corrected chi connectivity index (χ4v) is 4.50. The molecule has 0 aromatic carbocycles. The number of nitrogens with one attached hydrogen (secondary N) is 1. The van der Waals surface area contributed by atoms with Gasteiger partial charge in [0.2, 0.25) is 0 Å². The number of rotatable bonds is 4. The van der Waals surface area contributed by atoms with Gasteiger partial charge in [0.05, 0.1) is 4.88 Å². The molecule has 0 bridgehead atoms. The van der Waals surface area contributed by atoms with Crippen molar-refractivity contribution in [3.63, 3.8) is 0 Å². The highest BCUT2D eigenvalue weighted by Crippen LogP contribution is 2.28. The Labute approximate surface area is 127 Å². The van der Waals surface area contributed by atoms with Crippen molar-refractivity contribution in [2.45, 2.75) is 38.5 Å². The largest absolute Gasteiger partial charge is 0.351 e. The summed E-state index contributed by atoms with van der Waals surface area (Å²) in [5, 5.41) is 5.12. The van der Waals surface area contributed by atoms with Crippen LogP contribution in [0.5, 0.6) is 0 Å².